The lowest BCUT2D eigenvalue weighted by Gasteiger charge is -2.05. The first-order valence-electron chi connectivity index (χ1n) is 5.10. The minimum atomic E-state index is 0. The lowest BCUT2D eigenvalue weighted by atomic mass is 10.2. The van der Waals surface area contributed by atoms with Gasteiger partial charge in [-0.25, -0.2) is 4.98 Å². The Hall–Kier alpha value is -0.610. The highest BCUT2D eigenvalue weighted by atomic mass is 35.5. The summed E-state index contributed by atoms with van der Waals surface area (Å²) in [5.41, 5.74) is 2.38. The second-order valence-corrected chi connectivity index (χ2v) is 4.94. The molecular formula is C12H14Cl2N2S. The van der Waals surface area contributed by atoms with Crippen LogP contribution in [0.15, 0.2) is 29.8 Å². The number of pyridine rings is 1. The Morgan fingerprint density at radius 2 is 2.18 bits per heavy atom. The Morgan fingerprint density at radius 3 is 2.82 bits per heavy atom. The summed E-state index contributed by atoms with van der Waals surface area (Å²) < 4.78 is 0. The highest BCUT2D eigenvalue weighted by Gasteiger charge is 2.01. The van der Waals surface area contributed by atoms with Crippen molar-refractivity contribution in [3.8, 4) is 0 Å². The number of halogens is 2. The predicted octanol–water partition coefficient (Wildman–Crippen LogP) is 3.82. The predicted molar refractivity (Wildman–Crippen MR) is 76.1 cm³/mol. The number of nitrogens with one attached hydrogen (secondary N) is 1. The summed E-state index contributed by atoms with van der Waals surface area (Å²) in [4.78, 5) is 5.42. The summed E-state index contributed by atoms with van der Waals surface area (Å²) >= 11 is 7.75. The number of hydrogen-bond acceptors (Lipinski definition) is 3. The van der Waals surface area contributed by atoms with Gasteiger partial charge in [-0.1, -0.05) is 17.7 Å². The molecule has 1 N–H and O–H groups in total. The Bertz CT molecular complexity index is 471. The molecule has 0 spiro atoms. The molecule has 0 aliphatic rings. The lowest BCUT2D eigenvalue weighted by molar-refractivity contribution is 0.697. The zero-order valence-corrected chi connectivity index (χ0v) is 11.8. The normalized spacial score (nSPS) is 10.0. The maximum Gasteiger partial charge on any atom is 0.133 e. The van der Waals surface area contributed by atoms with E-state index in [9.17, 15) is 0 Å². The first-order chi connectivity index (χ1) is 7.77. The topological polar surface area (TPSA) is 24.9 Å². The summed E-state index contributed by atoms with van der Waals surface area (Å²) in [5, 5.41) is 6.07. The molecule has 5 heteroatoms. The van der Waals surface area contributed by atoms with E-state index < -0.39 is 0 Å². The van der Waals surface area contributed by atoms with Gasteiger partial charge in [-0.2, -0.15) is 0 Å². The van der Waals surface area contributed by atoms with E-state index in [0.717, 1.165) is 18.7 Å². The third-order valence-electron chi connectivity index (χ3n) is 2.41. The van der Waals surface area contributed by atoms with E-state index in [0.29, 0.717) is 5.15 Å². The molecule has 0 bridgehead atoms. The van der Waals surface area contributed by atoms with Crippen LogP contribution in [0.1, 0.15) is 16.0 Å². The standard InChI is InChI=1S/C12H13ClN2S.ClH/c1-9-4-6-16-11(9)8-14-7-10-3-2-5-15-12(10)13;/h2-6,14H,7-8H2,1H3;1H. The van der Waals surface area contributed by atoms with Gasteiger partial charge in [0.25, 0.3) is 0 Å². The van der Waals surface area contributed by atoms with E-state index in [1.807, 2.05) is 12.1 Å². The first-order valence-corrected chi connectivity index (χ1v) is 6.36. The molecule has 0 saturated heterocycles. The van der Waals surface area contributed by atoms with Crippen molar-refractivity contribution >= 4 is 35.3 Å². The summed E-state index contributed by atoms with van der Waals surface area (Å²) in [6, 6.07) is 6.03. The molecule has 0 amide bonds. The Morgan fingerprint density at radius 1 is 1.35 bits per heavy atom. The average Bonchev–Trinajstić information content (AvgIpc) is 2.67. The molecule has 17 heavy (non-hydrogen) atoms. The molecule has 2 aromatic heterocycles. The van der Waals surface area contributed by atoms with Crippen molar-refractivity contribution in [2.24, 2.45) is 0 Å². The van der Waals surface area contributed by atoms with Crippen molar-refractivity contribution in [3.05, 3.63) is 50.9 Å². The van der Waals surface area contributed by atoms with Crippen molar-refractivity contribution in [2.45, 2.75) is 20.0 Å². The molecule has 0 aliphatic carbocycles. The summed E-state index contributed by atoms with van der Waals surface area (Å²) in [7, 11) is 0. The van der Waals surface area contributed by atoms with Crippen LogP contribution in [0.4, 0.5) is 0 Å². The quantitative estimate of drug-likeness (QED) is 0.866. The number of aryl methyl sites for hydroxylation is 1. The van der Waals surface area contributed by atoms with Crippen molar-refractivity contribution in [2.75, 3.05) is 0 Å². The third-order valence-corrected chi connectivity index (χ3v) is 3.77. The van der Waals surface area contributed by atoms with Gasteiger partial charge in [-0.05, 0) is 30.0 Å². The van der Waals surface area contributed by atoms with Gasteiger partial charge < -0.3 is 5.32 Å². The molecule has 0 radical (unpaired) electrons. The van der Waals surface area contributed by atoms with Crippen LogP contribution in [0.5, 0.6) is 0 Å². The number of rotatable bonds is 4. The van der Waals surface area contributed by atoms with Gasteiger partial charge in [0.15, 0.2) is 0 Å². The van der Waals surface area contributed by atoms with Crippen molar-refractivity contribution < 1.29 is 0 Å². The maximum absolute atomic E-state index is 5.97. The van der Waals surface area contributed by atoms with E-state index in [4.69, 9.17) is 11.6 Å². The number of thiophene rings is 1. The van der Waals surface area contributed by atoms with Crippen molar-refractivity contribution in [3.63, 3.8) is 0 Å². The minimum absolute atomic E-state index is 0. The monoisotopic (exact) mass is 288 g/mol. The van der Waals surface area contributed by atoms with Gasteiger partial charge in [-0.15, -0.1) is 23.7 Å². The van der Waals surface area contributed by atoms with Gasteiger partial charge in [0.05, 0.1) is 0 Å². The highest BCUT2D eigenvalue weighted by Crippen LogP contribution is 2.16. The molecule has 2 rings (SSSR count). The molecule has 0 unspecified atom stereocenters. The third kappa shape index (κ3) is 3.96. The molecule has 2 nitrogen and oxygen atoms in total. The number of nitrogens with zero attached hydrogens (tertiary/aromatic N) is 1. The molecule has 0 aliphatic heterocycles. The summed E-state index contributed by atoms with van der Waals surface area (Å²) in [5.74, 6) is 0. The molecule has 2 aromatic rings. The van der Waals surface area contributed by atoms with Gasteiger partial charge in [0, 0.05) is 29.7 Å². The highest BCUT2D eigenvalue weighted by molar-refractivity contribution is 7.10. The molecule has 0 aromatic carbocycles. The fraction of sp³-hybridized carbons (Fsp3) is 0.250. The Kier molecular flexibility index (Phi) is 5.92. The molecule has 92 valence electrons. The van der Waals surface area contributed by atoms with Crippen molar-refractivity contribution in [1.29, 1.82) is 0 Å². The maximum atomic E-state index is 5.97. The van der Waals surface area contributed by atoms with Crippen LogP contribution in [0.2, 0.25) is 5.15 Å². The molecule has 0 atom stereocenters. The van der Waals surface area contributed by atoms with Crippen LogP contribution in [-0.4, -0.2) is 4.98 Å². The SMILES string of the molecule is Cc1ccsc1CNCc1cccnc1Cl.Cl. The summed E-state index contributed by atoms with van der Waals surface area (Å²) in [6.07, 6.45) is 1.70. The van der Waals surface area contributed by atoms with Crippen LogP contribution in [0, 0.1) is 6.92 Å². The number of hydrogen-bond donors (Lipinski definition) is 1. The van der Waals surface area contributed by atoms with Crippen LogP contribution >= 0.6 is 35.3 Å². The largest absolute Gasteiger partial charge is 0.308 e. The van der Waals surface area contributed by atoms with Gasteiger partial charge in [0.2, 0.25) is 0 Å². The number of aromatic nitrogens is 1. The second-order valence-electron chi connectivity index (χ2n) is 3.58. The van der Waals surface area contributed by atoms with Crippen LogP contribution in [0.25, 0.3) is 0 Å². The average molecular weight is 289 g/mol. The zero-order chi connectivity index (χ0) is 11.4. The van der Waals surface area contributed by atoms with Gasteiger partial charge in [-0.3, -0.25) is 0 Å². The Labute approximate surface area is 116 Å². The zero-order valence-electron chi connectivity index (χ0n) is 9.44. The lowest BCUT2D eigenvalue weighted by Crippen LogP contribution is -2.12. The summed E-state index contributed by atoms with van der Waals surface area (Å²) in [6.45, 7) is 3.77. The first kappa shape index (κ1) is 14.5. The smallest absolute Gasteiger partial charge is 0.133 e. The van der Waals surface area contributed by atoms with Crippen LogP contribution in [0.3, 0.4) is 0 Å². The fourth-order valence-electron chi connectivity index (χ4n) is 1.45. The van der Waals surface area contributed by atoms with Crippen molar-refractivity contribution in [1.82, 2.24) is 10.3 Å². The molecule has 0 saturated carbocycles. The molecule has 2 heterocycles. The van der Waals surface area contributed by atoms with E-state index in [2.05, 4.69) is 28.7 Å². The molecular weight excluding hydrogens is 275 g/mol. The van der Waals surface area contributed by atoms with E-state index in [1.54, 1.807) is 17.5 Å². The fourth-order valence-corrected chi connectivity index (χ4v) is 2.51. The van der Waals surface area contributed by atoms with Gasteiger partial charge >= 0.3 is 0 Å². The van der Waals surface area contributed by atoms with Crippen LogP contribution in [-0.2, 0) is 13.1 Å². The Balaban J connectivity index is 0.00000144. The minimum Gasteiger partial charge on any atom is -0.308 e. The van der Waals surface area contributed by atoms with E-state index >= 15 is 0 Å². The van der Waals surface area contributed by atoms with Gasteiger partial charge in [0.1, 0.15) is 5.15 Å². The van der Waals surface area contributed by atoms with Crippen LogP contribution < -0.4 is 5.32 Å². The van der Waals surface area contributed by atoms with E-state index in [-0.39, 0.29) is 12.4 Å². The molecule has 0 fully saturated rings. The van der Waals surface area contributed by atoms with E-state index in [1.165, 1.54) is 10.4 Å². The second kappa shape index (κ2) is 6.97.